The molecule has 0 aliphatic carbocycles. The first-order chi connectivity index (χ1) is 16.9. The van der Waals surface area contributed by atoms with E-state index < -0.39 is 11.4 Å². The summed E-state index contributed by atoms with van der Waals surface area (Å²) in [6.07, 6.45) is 0. The molecule has 2 atom stereocenters. The van der Waals surface area contributed by atoms with Gasteiger partial charge >= 0.3 is 0 Å². The number of carbonyl (C=O) groups excluding carboxylic acids is 1. The van der Waals surface area contributed by atoms with Crippen molar-refractivity contribution in [3.8, 4) is 11.5 Å². The highest BCUT2D eigenvalue weighted by molar-refractivity contribution is 6.38. The Kier molecular flexibility index (Phi) is 6.23. The van der Waals surface area contributed by atoms with E-state index in [2.05, 4.69) is 15.2 Å². The number of carbonyl (C=O) groups is 1. The second-order valence-corrected chi connectivity index (χ2v) is 9.10. The quantitative estimate of drug-likeness (QED) is 0.127. The highest BCUT2D eigenvalue weighted by Gasteiger charge is 2.50. The fourth-order valence-electron chi connectivity index (χ4n) is 3.90. The monoisotopic (exact) mass is 526 g/mol. The van der Waals surface area contributed by atoms with E-state index in [0.717, 1.165) is 5.39 Å². The van der Waals surface area contributed by atoms with Crippen LogP contribution in [0.25, 0.3) is 10.9 Å². The lowest BCUT2D eigenvalue weighted by molar-refractivity contribution is -0.123. The average Bonchev–Trinajstić information content (AvgIpc) is 2.86. The molecule has 0 saturated carbocycles. The van der Waals surface area contributed by atoms with Crippen LogP contribution in [0.3, 0.4) is 0 Å². The summed E-state index contributed by atoms with van der Waals surface area (Å²) in [7, 11) is 1.57. The number of ether oxygens (including phenoxy) is 1. The molecule has 1 amide bonds. The Balaban J connectivity index is 1.56. The smallest absolute Gasteiger partial charge is 0.248 e. The third-order valence-corrected chi connectivity index (χ3v) is 6.65. The van der Waals surface area contributed by atoms with Crippen molar-refractivity contribution in [3.63, 3.8) is 0 Å². The van der Waals surface area contributed by atoms with E-state index in [9.17, 15) is 9.90 Å². The van der Waals surface area contributed by atoms with Gasteiger partial charge in [0.1, 0.15) is 27.7 Å². The van der Waals surface area contributed by atoms with Crippen LogP contribution in [0, 0.1) is 0 Å². The summed E-state index contributed by atoms with van der Waals surface area (Å²) in [6.45, 7) is 0. The molecule has 35 heavy (non-hydrogen) atoms. The molecule has 5 rings (SSSR count). The number of alkyl halides is 1. The number of β-lactam (4-membered cyclic amide) rings is 1. The maximum absolute atomic E-state index is 12.9. The fourth-order valence-corrected chi connectivity index (χ4v) is 4.64. The van der Waals surface area contributed by atoms with Crippen LogP contribution >= 0.6 is 34.8 Å². The third kappa shape index (κ3) is 4.38. The molecule has 1 fully saturated rings. The minimum atomic E-state index is -0.867. The van der Waals surface area contributed by atoms with Crippen molar-refractivity contribution < 1.29 is 14.6 Å². The van der Waals surface area contributed by atoms with Gasteiger partial charge in [-0.25, -0.2) is 4.98 Å². The normalized spacial score (nSPS) is 17.7. The Bertz CT molecular complexity index is 1480. The molecule has 7 nitrogen and oxygen atoms in total. The van der Waals surface area contributed by atoms with E-state index >= 15 is 0 Å². The summed E-state index contributed by atoms with van der Waals surface area (Å²) in [5, 5.41) is 19.4. The number of benzene rings is 3. The van der Waals surface area contributed by atoms with E-state index in [1.807, 2.05) is 18.2 Å². The number of aromatic nitrogens is 1. The van der Waals surface area contributed by atoms with E-state index in [0.29, 0.717) is 38.9 Å². The topological polar surface area (TPSA) is 87.4 Å². The van der Waals surface area contributed by atoms with Gasteiger partial charge in [-0.15, -0.1) is 16.7 Å². The number of rotatable bonds is 5. The largest absolute Gasteiger partial charge is 0.508 e. The molecule has 176 valence electrons. The zero-order valence-corrected chi connectivity index (χ0v) is 20.5. The lowest BCUT2D eigenvalue weighted by Crippen LogP contribution is -2.56. The van der Waals surface area contributed by atoms with Crippen molar-refractivity contribution >= 4 is 68.7 Å². The van der Waals surface area contributed by atoms with Crippen LogP contribution in [0.2, 0.25) is 10.2 Å². The molecule has 0 spiro atoms. The standard InChI is InChI=1S/C25H17Cl3N4O3/c1-35-17-8-2-13-10-18(24(28)29-20(13)12-17)23-22(27)25(34)32(23)21-11-16(33)7-9-19(21)31-30-15-5-3-14(26)4-6-15/h2-12,22-23,33H,1H3. The van der Waals surface area contributed by atoms with E-state index in [1.54, 1.807) is 43.5 Å². The first-order valence-electron chi connectivity index (χ1n) is 10.5. The lowest BCUT2D eigenvalue weighted by Gasteiger charge is -2.44. The molecule has 0 radical (unpaired) electrons. The molecule has 2 unspecified atom stereocenters. The summed E-state index contributed by atoms with van der Waals surface area (Å²) < 4.78 is 5.26. The molecule has 0 bridgehead atoms. The van der Waals surface area contributed by atoms with E-state index in [1.165, 1.54) is 17.0 Å². The minimum absolute atomic E-state index is 0.0372. The van der Waals surface area contributed by atoms with Gasteiger partial charge in [0.2, 0.25) is 5.91 Å². The molecular weight excluding hydrogens is 511 g/mol. The zero-order chi connectivity index (χ0) is 24.7. The number of halogens is 3. The number of amides is 1. The van der Waals surface area contributed by atoms with Crippen molar-refractivity contribution in [1.29, 1.82) is 0 Å². The van der Waals surface area contributed by atoms with Crippen molar-refractivity contribution in [3.05, 3.63) is 82.5 Å². The Morgan fingerprint density at radius 2 is 1.77 bits per heavy atom. The summed E-state index contributed by atoms with van der Waals surface area (Å²) in [5.41, 5.74) is 2.52. The SMILES string of the molecule is COc1ccc2cc(C3C(Cl)C(=O)N3c3cc(O)ccc3N=Nc3ccc(Cl)cc3)c(Cl)nc2c1. The average molecular weight is 528 g/mol. The van der Waals surface area contributed by atoms with Crippen molar-refractivity contribution in [1.82, 2.24) is 4.98 Å². The van der Waals surface area contributed by atoms with Crippen LogP contribution < -0.4 is 9.64 Å². The Morgan fingerprint density at radius 1 is 1.00 bits per heavy atom. The number of phenolic OH excluding ortho intramolecular Hbond substituents is 1. The second kappa shape index (κ2) is 9.34. The predicted molar refractivity (Wildman–Crippen MR) is 137 cm³/mol. The van der Waals surface area contributed by atoms with E-state index in [-0.39, 0.29) is 16.8 Å². The van der Waals surface area contributed by atoms with Crippen LogP contribution in [0.15, 0.2) is 77.0 Å². The van der Waals surface area contributed by atoms with Gasteiger partial charge in [0, 0.05) is 28.1 Å². The second-order valence-electron chi connectivity index (χ2n) is 7.83. The Labute approximate surface area is 215 Å². The van der Waals surface area contributed by atoms with Gasteiger partial charge in [-0.2, -0.15) is 5.11 Å². The predicted octanol–water partition coefficient (Wildman–Crippen LogP) is 7.37. The Hall–Kier alpha value is -3.39. The number of hydrogen-bond acceptors (Lipinski definition) is 6. The number of nitrogens with zero attached hydrogens (tertiary/aromatic N) is 4. The minimum Gasteiger partial charge on any atom is -0.508 e. The highest BCUT2D eigenvalue weighted by atomic mass is 35.5. The van der Waals surface area contributed by atoms with Gasteiger partial charge in [0.15, 0.2) is 0 Å². The number of pyridine rings is 1. The molecule has 1 aliphatic rings. The summed E-state index contributed by atoms with van der Waals surface area (Å²) in [5.74, 6) is 0.265. The zero-order valence-electron chi connectivity index (χ0n) is 18.2. The van der Waals surface area contributed by atoms with Crippen LogP contribution in [0.5, 0.6) is 11.5 Å². The number of hydrogen-bond donors (Lipinski definition) is 1. The van der Waals surface area contributed by atoms with Gasteiger partial charge in [-0.1, -0.05) is 23.2 Å². The molecule has 2 heterocycles. The molecule has 4 aromatic rings. The number of aromatic hydroxyl groups is 1. The number of anilines is 1. The van der Waals surface area contributed by atoms with E-state index in [4.69, 9.17) is 39.5 Å². The molecule has 1 saturated heterocycles. The summed E-state index contributed by atoms with van der Waals surface area (Å²) in [4.78, 5) is 18.9. The summed E-state index contributed by atoms with van der Waals surface area (Å²) >= 11 is 18.9. The van der Waals surface area contributed by atoms with Gasteiger partial charge in [-0.3, -0.25) is 9.69 Å². The molecule has 3 aromatic carbocycles. The van der Waals surface area contributed by atoms with Crippen LogP contribution in [-0.4, -0.2) is 28.5 Å². The first-order valence-corrected chi connectivity index (χ1v) is 11.7. The number of phenols is 1. The molecule has 1 aromatic heterocycles. The maximum Gasteiger partial charge on any atom is 0.248 e. The molecule has 1 N–H and O–H groups in total. The molecule has 10 heteroatoms. The van der Waals surface area contributed by atoms with Gasteiger partial charge in [0.05, 0.1) is 30.0 Å². The Morgan fingerprint density at radius 3 is 2.51 bits per heavy atom. The summed E-state index contributed by atoms with van der Waals surface area (Å²) in [6, 6.07) is 18.0. The number of methoxy groups -OCH3 is 1. The third-order valence-electron chi connectivity index (χ3n) is 5.67. The van der Waals surface area contributed by atoms with Crippen molar-refractivity contribution in [2.75, 3.05) is 12.0 Å². The van der Waals surface area contributed by atoms with Crippen LogP contribution in [0.4, 0.5) is 17.1 Å². The highest BCUT2D eigenvalue weighted by Crippen LogP contribution is 2.48. The molecule has 1 aliphatic heterocycles. The van der Waals surface area contributed by atoms with Crippen molar-refractivity contribution in [2.24, 2.45) is 10.2 Å². The fraction of sp³-hybridized carbons (Fsp3) is 0.120. The van der Waals surface area contributed by atoms with Crippen molar-refractivity contribution in [2.45, 2.75) is 11.4 Å². The number of fused-ring (bicyclic) bond motifs is 1. The maximum atomic E-state index is 12.9. The first kappa shape index (κ1) is 23.4. The lowest BCUT2D eigenvalue weighted by atomic mass is 9.92. The van der Waals surface area contributed by atoms with Gasteiger partial charge < -0.3 is 9.84 Å². The van der Waals surface area contributed by atoms with Crippen LogP contribution in [-0.2, 0) is 4.79 Å². The van der Waals surface area contributed by atoms with Crippen LogP contribution in [0.1, 0.15) is 11.6 Å². The molecular formula is C25H17Cl3N4O3. The van der Waals surface area contributed by atoms with Gasteiger partial charge in [0.25, 0.3) is 0 Å². The number of azo groups is 1. The van der Waals surface area contributed by atoms with Gasteiger partial charge in [-0.05, 0) is 54.6 Å².